The monoisotopic (exact) mass is 643 g/mol. The SMILES string of the molecule is COc1ccc(OC)c(N(CC(=O)N(Cc2ccccc2)[C@@H](Cc2ccccc2)C(=O)NC(C)C)S(=O)(=O)c2ccc(C)cc2)c1. The van der Waals surface area contributed by atoms with Crippen LogP contribution in [0.4, 0.5) is 5.69 Å². The molecule has 0 bridgehead atoms. The van der Waals surface area contributed by atoms with Crippen molar-refractivity contribution in [1.29, 1.82) is 0 Å². The van der Waals surface area contributed by atoms with E-state index < -0.39 is 28.5 Å². The van der Waals surface area contributed by atoms with Gasteiger partial charge in [-0.15, -0.1) is 0 Å². The van der Waals surface area contributed by atoms with Crippen molar-refractivity contribution >= 4 is 27.5 Å². The standard InChI is InChI=1S/C36H41N3O6S/c1-26(2)37-36(41)33(22-28-12-8-6-9-13-28)38(24-29-14-10-7-11-15-29)35(40)25-39(32-23-30(44-4)18-21-34(32)45-5)46(42,43)31-19-16-27(3)17-20-31/h6-21,23,26,33H,22,24-25H2,1-5H3,(H,37,41)/t33-/m0/s1. The molecule has 242 valence electrons. The zero-order chi connectivity index (χ0) is 33.3. The summed E-state index contributed by atoms with van der Waals surface area (Å²) >= 11 is 0. The number of anilines is 1. The van der Waals surface area contributed by atoms with Gasteiger partial charge in [0.05, 0.1) is 24.8 Å². The zero-order valence-electron chi connectivity index (χ0n) is 26.8. The smallest absolute Gasteiger partial charge is 0.264 e. The van der Waals surface area contributed by atoms with Crippen molar-refractivity contribution in [2.24, 2.45) is 0 Å². The molecule has 9 nitrogen and oxygen atoms in total. The number of carbonyl (C=O) groups is 2. The van der Waals surface area contributed by atoms with Gasteiger partial charge in [-0.2, -0.15) is 0 Å². The summed E-state index contributed by atoms with van der Waals surface area (Å²) in [5, 5.41) is 2.96. The highest BCUT2D eigenvalue weighted by Gasteiger charge is 2.36. The normalized spacial score (nSPS) is 11.9. The van der Waals surface area contributed by atoms with Gasteiger partial charge < -0.3 is 19.7 Å². The van der Waals surface area contributed by atoms with E-state index in [9.17, 15) is 18.0 Å². The molecule has 1 atom stereocenters. The average Bonchev–Trinajstić information content (AvgIpc) is 3.05. The maximum Gasteiger partial charge on any atom is 0.264 e. The van der Waals surface area contributed by atoms with Crippen LogP contribution in [0.5, 0.6) is 11.5 Å². The number of hydrogen-bond acceptors (Lipinski definition) is 6. The van der Waals surface area contributed by atoms with Crippen LogP contribution in [0.2, 0.25) is 0 Å². The number of sulfonamides is 1. The van der Waals surface area contributed by atoms with Crippen molar-refractivity contribution in [1.82, 2.24) is 10.2 Å². The molecule has 4 aromatic rings. The van der Waals surface area contributed by atoms with Crippen LogP contribution in [0.25, 0.3) is 0 Å². The lowest BCUT2D eigenvalue weighted by Crippen LogP contribution is -2.54. The van der Waals surface area contributed by atoms with Crippen LogP contribution in [-0.2, 0) is 32.6 Å². The number of nitrogens with zero attached hydrogens (tertiary/aromatic N) is 2. The molecular weight excluding hydrogens is 602 g/mol. The van der Waals surface area contributed by atoms with E-state index in [2.05, 4.69) is 5.32 Å². The minimum atomic E-state index is -4.30. The van der Waals surface area contributed by atoms with Crippen LogP contribution in [0.3, 0.4) is 0 Å². The van der Waals surface area contributed by atoms with Gasteiger partial charge in [0.25, 0.3) is 10.0 Å². The summed E-state index contributed by atoms with van der Waals surface area (Å²) in [6, 6.07) is 28.8. The number of carbonyl (C=O) groups excluding carboxylic acids is 2. The van der Waals surface area contributed by atoms with Crippen LogP contribution in [0, 0.1) is 6.92 Å². The van der Waals surface area contributed by atoms with Gasteiger partial charge in [-0.05, 0) is 56.2 Å². The molecule has 0 spiro atoms. The zero-order valence-corrected chi connectivity index (χ0v) is 27.7. The molecule has 0 heterocycles. The lowest BCUT2D eigenvalue weighted by atomic mass is 10.0. The molecule has 46 heavy (non-hydrogen) atoms. The summed E-state index contributed by atoms with van der Waals surface area (Å²) in [4.78, 5) is 29.9. The Morgan fingerprint density at radius 2 is 1.41 bits per heavy atom. The quantitative estimate of drug-likeness (QED) is 0.198. The van der Waals surface area contributed by atoms with E-state index in [0.717, 1.165) is 21.0 Å². The molecule has 0 radical (unpaired) electrons. The minimum absolute atomic E-state index is 0.00349. The molecule has 0 saturated heterocycles. The Balaban J connectivity index is 1.85. The Labute approximate surface area is 271 Å². The topological polar surface area (TPSA) is 105 Å². The Morgan fingerprint density at radius 3 is 1.98 bits per heavy atom. The van der Waals surface area contributed by atoms with Gasteiger partial charge in [-0.3, -0.25) is 13.9 Å². The molecule has 0 fully saturated rings. The number of nitrogens with one attached hydrogen (secondary N) is 1. The van der Waals surface area contributed by atoms with Gasteiger partial charge in [-0.25, -0.2) is 8.42 Å². The second kappa shape index (κ2) is 15.4. The van der Waals surface area contributed by atoms with E-state index in [4.69, 9.17) is 9.47 Å². The van der Waals surface area contributed by atoms with Gasteiger partial charge >= 0.3 is 0 Å². The molecule has 0 unspecified atom stereocenters. The van der Waals surface area contributed by atoms with E-state index in [1.165, 1.54) is 37.3 Å². The molecule has 0 aromatic heterocycles. The van der Waals surface area contributed by atoms with Gasteiger partial charge in [0.15, 0.2) is 0 Å². The number of ether oxygens (including phenoxy) is 2. The molecule has 1 N–H and O–H groups in total. The van der Waals surface area contributed by atoms with Gasteiger partial charge in [0.1, 0.15) is 24.1 Å². The Bertz CT molecular complexity index is 1710. The van der Waals surface area contributed by atoms with Crippen LogP contribution >= 0.6 is 0 Å². The van der Waals surface area contributed by atoms with Crippen molar-refractivity contribution in [3.8, 4) is 11.5 Å². The molecule has 4 rings (SSSR count). The first-order chi connectivity index (χ1) is 22.0. The fraction of sp³-hybridized carbons (Fsp3) is 0.278. The van der Waals surface area contributed by atoms with Crippen LogP contribution in [-0.4, -0.2) is 58.0 Å². The van der Waals surface area contributed by atoms with Crippen molar-refractivity contribution < 1.29 is 27.5 Å². The van der Waals surface area contributed by atoms with E-state index in [-0.39, 0.29) is 41.2 Å². The van der Waals surface area contributed by atoms with Crippen molar-refractivity contribution in [3.05, 3.63) is 120 Å². The highest BCUT2D eigenvalue weighted by atomic mass is 32.2. The maximum atomic E-state index is 14.6. The number of benzene rings is 4. The van der Waals surface area contributed by atoms with Gasteiger partial charge in [0, 0.05) is 25.1 Å². The molecule has 10 heteroatoms. The maximum absolute atomic E-state index is 14.6. The van der Waals surface area contributed by atoms with Crippen LogP contribution in [0.1, 0.15) is 30.5 Å². The second-order valence-electron chi connectivity index (χ2n) is 11.2. The lowest BCUT2D eigenvalue weighted by Gasteiger charge is -2.34. The number of hydrogen-bond donors (Lipinski definition) is 1. The van der Waals surface area contributed by atoms with E-state index in [1.807, 2.05) is 81.4 Å². The molecule has 0 aliphatic carbocycles. The molecule has 0 saturated carbocycles. The van der Waals surface area contributed by atoms with Crippen molar-refractivity contribution in [2.75, 3.05) is 25.1 Å². The predicted molar refractivity (Wildman–Crippen MR) is 179 cm³/mol. The summed E-state index contributed by atoms with van der Waals surface area (Å²) < 4.78 is 40.7. The fourth-order valence-electron chi connectivity index (χ4n) is 5.06. The number of methoxy groups -OCH3 is 2. The number of amides is 2. The Morgan fingerprint density at radius 1 is 0.804 bits per heavy atom. The van der Waals surface area contributed by atoms with E-state index >= 15 is 0 Å². The van der Waals surface area contributed by atoms with Gasteiger partial charge in [0.2, 0.25) is 11.8 Å². The predicted octanol–water partition coefficient (Wildman–Crippen LogP) is 5.37. The average molecular weight is 644 g/mol. The first kappa shape index (κ1) is 34.1. The highest BCUT2D eigenvalue weighted by Crippen LogP contribution is 2.36. The van der Waals surface area contributed by atoms with Gasteiger partial charge in [-0.1, -0.05) is 78.4 Å². The lowest BCUT2D eigenvalue weighted by molar-refractivity contribution is -0.140. The summed E-state index contributed by atoms with van der Waals surface area (Å²) in [6.07, 6.45) is 0.227. The van der Waals surface area contributed by atoms with E-state index in [1.54, 1.807) is 24.3 Å². The second-order valence-corrected chi connectivity index (χ2v) is 13.1. The summed E-state index contributed by atoms with van der Waals surface area (Å²) in [5.74, 6) is -0.289. The van der Waals surface area contributed by atoms with E-state index in [0.29, 0.717) is 5.75 Å². The van der Waals surface area contributed by atoms with Crippen molar-refractivity contribution in [3.63, 3.8) is 0 Å². The first-order valence-corrected chi connectivity index (χ1v) is 16.5. The number of rotatable bonds is 14. The Kier molecular flexibility index (Phi) is 11.4. The fourth-order valence-corrected chi connectivity index (χ4v) is 6.47. The first-order valence-electron chi connectivity index (χ1n) is 15.0. The highest BCUT2D eigenvalue weighted by molar-refractivity contribution is 7.92. The van der Waals surface area contributed by atoms with Crippen LogP contribution < -0.4 is 19.1 Å². The molecule has 0 aliphatic rings. The summed E-state index contributed by atoms with van der Waals surface area (Å²) in [6.45, 7) is 5.04. The third-order valence-corrected chi connectivity index (χ3v) is 9.21. The molecule has 2 amide bonds. The Hall–Kier alpha value is -4.83. The summed E-state index contributed by atoms with van der Waals surface area (Å²) in [5.41, 5.74) is 2.66. The third kappa shape index (κ3) is 8.45. The number of aryl methyl sites for hydroxylation is 1. The molecule has 0 aliphatic heterocycles. The minimum Gasteiger partial charge on any atom is -0.497 e. The third-order valence-electron chi connectivity index (χ3n) is 7.44. The van der Waals surface area contributed by atoms with Crippen molar-refractivity contribution in [2.45, 2.75) is 50.7 Å². The molecule has 4 aromatic carbocycles. The van der Waals surface area contributed by atoms with Crippen LogP contribution in [0.15, 0.2) is 108 Å². The summed E-state index contributed by atoms with van der Waals surface area (Å²) in [7, 11) is -1.40. The largest absolute Gasteiger partial charge is 0.497 e. The molecular formula is C36H41N3O6S.